The molecule has 0 bridgehead atoms. The minimum absolute atomic E-state index is 0.580. The third kappa shape index (κ3) is 9.44. The van der Waals surface area contributed by atoms with E-state index in [-0.39, 0.29) is 0 Å². The lowest BCUT2D eigenvalue weighted by Crippen LogP contribution is -2.04. The molecule has 0 saturated carbocycles. The van der Waals surface area contributed by atoms with Crippen LogP contribution in [0.2, 0.25) is 0 Å². The second-order valence-electron chi connectivity index (χ2n) is 7.32. The van der Waals surface area contributed by atoms with Gasteiger partial charge in [-0.3, -0.25) is 4.68 Å². The van der Waals surface area contributed by atoms with Crippen LogP contribution in [0.4, 0.5) is 0 Å². The van der Waals surface area contributed by atoms with Crippen molar-refractivity contribution in [3.05, 3.63) is 12.2 Å². The van der Waals surface area contributed by atoms with Crippen molar-refractivity contribution in [2.45, 2.75) is 123 Å². The van der Waals surface area contributed by atoms with Crippen LogP contribution in [-0.4, -0.2) is 14.8 Å². The first-order valence-corrected chi connectivity index (χ1v) is 10.7. The van der Waals surface area contributed by atoms with E-state index in [1.165, 1.54) is 83.5 Å². The quantitative estimate of drug-likeness (QED) is 0.308. The van der Waals surface area contributed by atoms with E-state index in [0.29, 0.717) is 5.92 Å². The Morgan fingerprint density at radius 1 is 0.750 bits per heavy atom. The molecule has 1 rings (SSSR count). The van der Waals surface area contributed by atoms with Gasteiger partial charge < -0.3 is 0 Å². The summed E-state index contributed by atoms with van der Waals surface area (Å²) in [5.74, 6) is 1.68. The van der Waals surface area contributed by atoms with Gasteiger partial charge in [0.2, 0.25) is 0 Å². The summed E-state index contributed by atoms with van der Waals surface area (Å²) in [4.78, 5) is 4.63. The van der Waals surface area contributed by atoms with Crippen molar-refractivity contribution in [3.63, 3.8) is 0 Å². The predicted octanol–water partition coefficient (Wildman–Crippen LogP) is 6.88. The zero-order chi connectivity index (χ0) is 17.5. The highest BCUT2D eigenvalue weighted by Gasteiger charge is 2.15. The summed E-state index contributed by atoms with van der Waals surface area (Å²) >= 11 is 0. The predicted molar refractivity (Wildman–Crippen MR) is 104 cm³/mol. The fourth-order valence-electron chi connectivity index (χ4n) is 3.40. The number of nitrogens with zero attached hydrogens (tertiary/aromatic N) is 3. The summed E-state index contributed by atoms with van der Waals surface area (Å²) in [6, 6.07) is 0. The monoisotopic (exact) mass is 335 g/mol. The molecule has 0 amide bonds. The van der Waals surface area contributed by atoms with Gasteiger partial charge in [0.15, 0.2) is 5.82 Å². The van der Waals surface area contributed by atoms with Gasteiger partial charge in [-0.25, -0.2) is 4.98 Å². The molecule has 1 heterocycles. The van der Waals surface area contributed by atoms with Gasteiger partial charge >= 0.3 is 0 Å². The van der Waals surface area contributed by atoms with E-state index in [2.05, 4.69) is 25.8 Å². The van der Waals surface area contributed by atoms with Crippen LogP contribution < -0.4 is 0 Å². The van der Waals surface area contributed by atoms with Crippen LogP contribution >= 0.6 is 0 Å². The van der Waals surface area contributed by atoms with Crippen LogP contribution in [0, 0.1) is 0 Å². The van der Waals surface area contributed by atoms with Gasteiger partial charge in [0, 0.05) is 12.5 Å². The van der Waals surface area contributed by atoms with E-state index in [1.54, 1.807) is 0 Å². The van der Waals surface area contributed by atoms with Gasteiger partial charge in [0.1, 0.15) is 6.33 Å². The van der Waals surface area contributed by atoms with Crippen molar-refractivity contribution < 1.29 is 0 Å². The smallest absolute Gasteiger partial charge is 0.153 e. The maximum Gasteiger partial charge on any atom is 0.153 e. The maximum absolute atomic E-state index is 4.75. The molecule has 0 aliphatic rings. The van der Waals surface area contributed by atoms with Gasteiger partial charge in [0.25, 0.3) is 0 Å². The highest BCUT2D eigenvalue weighted by molar-refractivity contribution is 4.93. The van der Waals surface area contributed by atoms with Crippen LogP contribution in [0.1, 0.15) is 122 Å². The van der Waals surface area contributed by atoms with Crippen molar-refractivity contribution >= 4 is 0 Å². The molecule has 0 saturated heterocycles. The Labute approximate surface area is 150 Å². The molecule has 1 unspecified atom stereocenters. The number of hydrogen-bond acceptors (Lipinski definition) is 2. The molecular weight excluding hydrogens is 294 g/mol. The number of rotatable bonds is 16. The SMILES string of the molecule is CCCCCCCCC(CCCCCCC)c1ncn(CCC)n1. The number of unbranched alkanes of at least 4 members (excludes halogenated alkanes) is 9. The number of aryl methyl sites for hydroxylation is 1. The van der Waals surface area contributed by atoms with Crippen molar-refractivity contribution in [1.29, 1.82) is 0 Å². The lowest BCUT2D eigenvalue weighted by molar-refractivity contribution is 0.468. The zero-order valence-electron chi connectivity index (χ0n) is 16.6. The van der Waals surface area contributed by atoms with Crippen LogP contribution in [0.15, 0.2) is 6.33 Å². The molecule has 0 aliphatic carbocycles. The van der Waals surface area contributed by atoms with Crippen LogP contribution in [0.25, 0.3) is 0 Å². The van der Waals surface area contributed by atoms with Crippen molar-refractivity contribution in [2.24, 2.45) is 0 Å². The Kier molecular flexibility index (Phi) is 12.8. The lowest BCUT2D eigenvalue weighted by Gasteiger charge is -2.14. The Morgan fingerprint density at radius 2 is 1.29 bits per heavy atom. The molecule has 1 aromatic heterocycles. The topological polar surface area (TPSA) is 30.7 Å². The second-order valence-corrected chi connectivity index (χ2v) is 7.32. The summed E-state index contributed by atoms with van der Waals surface area (Å²) < 4.78 is 2.03. The molecule has 1 atom stereocenters. The third-order valence-corrected chi connectivity index (χ3v) is 4.93. The number of aromatic nitrogens is 3. The molecule has 24 heavy (non-hydrogen) atoms. The second kappa shape index (κ2) is 14.5. The van der Waals surface area contributed by atoms with E-state index < -0.39 is 0 Å². The molecule has 0 aromatic carbocycles. The van der Waals surface area contributed by atoms with Gasteiger partial charge in [-0.1, -0.05) is 91.4 Å². The fraction of sp³-hybridized carbons (Fsp3) is 0.905. The fourth-order valence-corrected chi connectivity index (χ4v) is 3.40. The Balaban J connectivity index is 2.39. The summed E-state index contributed by atoms with van der Waals surface area (Å²) in [6.07, 6.45) is 20.6. The van der Waals surface area contributed by atoms with Gasteiger partial charge in [0.05, 0.1) is 0 Å². The van der Waals surface area contributed by atoms with Crippen molar-refractivity contribution in [1.82, 2.24) is 14.8 Å². The largest absolute Gasteiger partial charge is 0.253 e. The first kappa shape index (κ1) is 21.2. The van der Waals surface area contributed by atoms with E-state index in [4.69, 9.17) is 5.10 Å². The molecule has 0 radical (unpaired) electrons. The highest BCUT2D eigenvalue weighted by atomic mass is 15.3. The highest BCUT2D eigenvalue weighted by Crippen LogP contribution is 2.26. The van der Waals surface area contributed by atoms with Crippen LogP contribution in [0.3, 0.4) is 0 Å². The Bertz CT molecular complexity index is 386. The molecule has 3 heteroatoms. The molecule has 0 aliphatic heterocycles. The van der Waals surface area contributed by atoms with E-state index in [1.807, 2.05) is 11.0 Å². The van der Waals surface area contributed by atoms with E-state index >= 15 is 0 Å². The maximum atomic E-state index is 4.75. The molecular formula is C21H41N3. The zero-order valence-corrected chi connectivity index (χ0v) is 16.6. The number of hydrogen-bond donors (Lipinski definition) is 0. The lowest BCUT2D eigenvalue weighted by atomic mass is 9.93. The Morgan fingerprint density at radius 3 is 1.83 bits per heavy atom. The normalized spacial score (nSPS) is 12.6. The van der Waals surface area contributed by atoms with Crippen LogP contribution in [0.5, 0.6) is 0 Å². The summed E-state index contributed by atoms with van der Waals surface area (Å²) in [7, 11) is 0. The average Bonchev–Trinajstić information content (AvgIpc) is 3.04. The minimum atomic E-state index is 0.580. The standard InChI is InChI=1S/C21H41N3/c1-4-7-9-11-13-15-17-20(16-14-12-10-8-5-2)21-22-19-24(23-21)18-6-3/h19-20H,4-18H2,1-3H3. The van der Waals surface area contributed by atoms with Gasteiger partial charge in [-0.05, 0) is 19.3 Å². The molecule has 0 N–H and O–H groups in total. The van der Waals surface area contributed by atoms with Crippen LogP contribution in [-0.2, 0) is 6.54 Å². The van der Waals surface area contributed by atoms with Gasteiger partial charge in [-0.15, -0.1) is 0 Å². The van der Waals surface area contributed by atoms with E-state index in [9.17, 15) is 0 Å². The van der Waals surface area contributed by atoms with Gasteiger partial charge in [-0.2, -0.15) is 5.10 Å². The first-order valence-electron chi connectivity index (χ1n) is 10.7. The Hall–Kier alpha value is -0.860. The third-order valence-electron chi connectivity index (χ3n) is 4.93. The van der Waals surface area contributed by atoms with Crippen molar-refractivity contribution in [3.8, 4) is 0 Å². The molecule has 1 aromatic rings. The molecule has 0 spiro atoms. The average molecular weight is 336 g/mol. The van der Waals surface area contributed by atoms with E-state index in [0.717, 1.165) is 18.8 Å². The van der Waals surface area contributed by atoms with Crippen molar-refractivity contribution in [2.75, 3.05) is 0 Å². The molecule has 0 fully saturated rings. The summed E-state index contributed by atoms with van der Waals surface area (Å²) in [5, 5.41) is 4.75. The first-order chi connectivity index (χ1) is 11.8. The molecule has 140 valence electrons. The summed E-state index contributed by atoms with van der Waals surface area (Å²) in [6.45, 7) is 7.76. The molecule has 3 nitrogen and oxygen atoms in total. The summed E-state index contributed by atoms with van der Waals surface area (Å²) in [5.41, 5.74) is 0. The minimum Gasteiger partial charge on any atom is -0.253 e.